The molecule has 1 N–H and O–H groups in total. The molecule has 136 valence electrons. The van der Waals surface area contributed by atoms with E-state index in [1.807, 2.05) is 35.7 Å². The average Bonchev–Trinajstić information content (AvgIpc) is 3.11. The van der Waals surface area contributed by atoms with Crippen LogP contribution in [-0.4, -0.2) is 32.6 Å². The molecule has 26 heavy (non-hydrogen) atoms. The van der Waals surface area contributed by atoms with Gasteiger partial charge in [0.25, 0.3) is 5.78 Å². The molecule has 0 atom stereocenters. The van der Waals surface area contributed by atoms with Crippen LogP contribution >= 0.6 is 0 Å². The van der Waals surface area contributed by atoms with Crippen LogP contribution in [0.5, 0.6) is 5.75 Å². The van der Waals surface area contributed by atoms with Crippen molar-refractivity contribution < 1.29 is 9.53 Å². The van der Waals surface area contributed by atoms with Crippen molar-refractivity contribution in [1.29, 1.82) is 0 Å². The summed E-state index contributed by atoms with van der Waals surface area (Å²) >= 11 is 0. The third-order valence-corrected chi connectivity index (χ3v) is 4.33. The number of aromatic nitrogens is 4. The fourth-order valence-corrected chi connectivity index (χ4v) is 2.93. The number of aryl methyl sites for hydroxylation is 2. The number of rotatable bonds is 6. The lowest BCUT2D eigenvalue weighted by atomic mass is 10.1. The highest BCUT2D eigenvalue weighted by atomic mass is 16.5. The second-order valence-electron chi connectivity index (χ2n) is 5.91. The van der Waals surface area contributed by atoms with Gasteiger partial charge in [0, 0.05) is 23.9 Å². The van der Waals surface area contributed by atoms with E-state index in [0.29, 0.717) is 23.6 Å². The Labute approximate surface area is 152 Å². The second-order valence-corrected chi connectivity index (χ2v) is 5.91. The van der Waals surface area contributed by atoms with Crippen LogP contribution in [0.3, 0.4) is 0 Å². The van der Waals surface area contributed by atoms with E-state index in [-0.39, 0.29) is 5.91 Å². The van der Waals surface area contributed by atoms with Crippen molar-refractivity contribution >= 4 is 17.4 Å². The smallest absolute Gasteiger partial charge is 0.254 e. The summed E-state index contributed by atoms with van der Waals surface area (Å²) in [5.41, 5.74) is 4.38. The molecule has 0 saturated heterocycles. The minimum Gasteiger partial charge on any atom is -0.495 e. The summed E-state index contributed by atoms with van der Waals surface area (Å²) in [6.45, 7) is 5.98. The Morgan fingerprint density at radius 3 is 2.65 bits per heavy atom. The third kappa shape index (κ3) is 3.24. The number of anilines is 1. The number of methoxy groups -OCH3 is 1. The molecule has 1 aromatic carbocycles. The van der Waals surface area contributed by atoms with Gasteiger partial charge in [0.15, 0.2) is 0 Å². The van der Waals surface area contributed by atoms with Crippen LogP contribution in [0.4, 0.5) is 5.69 Å². The van der Waals surface area contributed by atoms with Crippen LogP contribution in [0.25, 0.3) is 17.0 Å². The van der Waals surface area contributed by atoms with E-state index in [2.05, 4.69) is 34.3 Å². The molecule has 0 bridgehead atoms. The van der Waals surface area contributed by atoms with E-state index >= 15 is 0 Å². The molecule has 0 aliphatic rings. The summed E-state index contributed by atoms with van der Waals surface area (Å²) < 4.78 is 7.34. The number of benzene rings is 1. The van der Waals surface area contributed by atoms with E-state index in [1.165, 1.54) is 0 Å². The van der Waals surface area contributed by atoms with Crippen LogP contribution in [0.1, 0.15) is 38.6 Å². The number of ether oxygens (including phenoxy) is 1. The number of amides is 1. The SMILES string of the molecule is CCC(=O)Nc1cc(-c2cn3c(CC)c(CC)nnc3n2)ccc1OC. The highest BCUT2D eigenvalue weighted by Gasteiger charge is 2.14. The van der Waals surface area contributed by atoms with Crippen molar-refractivity contribution in [2.75, 3.05) is 12.4 Å². The molecule has 0 spiro atoms. The Balaban J connectivity index is 2.08. The second kappa shape index (κ2) is 7.51. The lowest BCUT2D eigenvalue weighted by Crippen LogP contribution is -2.10. The minimum absolute atomic E-state index is 0.0674. The Kier molecular flexibility index (Phi) is 5.16. The lowest BCUT2D eigenvalue weighted by Gasteiger charge is -2.10. The Morgan fingerprint density at radius 2 is 2.00 bits per heavy atom. The summed E-state index contributed by atoms with van der Waals surface area (Å²) in [4.78, 5) is 16.4. The van der Waals surface area contributed by atoms with Crippen LogP contribution in [0, 0.1) is 0 Å². The standard InChI is InChI=1S/C19H23N5O2/c1-5-13-16(6-2)24-11-15(21-19(24)23-22-13)12-8-9-17(26-4)14(10-12)20-18(25)7-3/h8-11H,5-7H2,1-4H3,(H,20,25). The average molecular weight is 353 g/mol. The predicted molar refractivity (Wildman–Crippen MR) is 100 cm³/mol. The van der Waals surface area contributed by atoms with Crippen molar-refractivity contribution in [3.05, 3.63) is 35.8 Å². The zero-order valence-electron chi connectivity index (χ0n) is 15.5. The van der Waals surface area contributed by atoms with Crippen molar-refractivity contribution in [2.24, 2.45) is 0 Å². The molecular formula is C19H23N5O2. The number of hydrogen-bond acceptors (Lipinski definition) is 5. The van der Waals surface area contributed by atoms with Gasteiger partial charge in [-0.3, -0.25) is 9.20 Å². The van der Waals surface area contributed by atoms with Crippen LogP contribution < -0.4 is 10.1 Å². The van der Waals surface area contributed by atoms with Gasteiger partial charge in [-0.15, -0.1) is 5.10 Å². The molecule has 2 heterocycles. The molecule has 0 fully saturated rings. The summed E-state index contributed by atoms with van der Waals surface area (Å²) in [7, 11) is 1.58. The minimum atomic E-state index is -0.0674. The molecule has 3 rings (SSSR count). The number of carbonyl (C=O) groups excluding carboxylic acids is 1. The van der Waals surface area contributed by atoms with Crippen molar-refractivity contribution in [3.8, 4) is 17.0 Å². The molecule has 7 nitrogen and oxygen atoms in total. The van der Waals surface area contributed by atoms with E-state index in [0.717, 1.165) is 35.5 Å². The fraction of sp³-hybridized carbons (Fsp3) is 0.368. The number of nitrogens with one attached hydrogen (secondary N) is 1. The fourth-order valence-electron chi connectivity index (χ4n) is 2.93. The molecule has 7 heteroatoms. The number of nitrogens with zero attached hydrogens (tertiary/aromatic N) is 4. The van der Waals surface area contributed by atoms with Gasteiger partial charge in [0.05, 0.1) is 24.2 Å². The van der Waals surface area contributed by atoms with Crippen molar-refractivity contribution in [2.45, 2.75) is 40.0 Å². The Hall–Kier alpha value is -2.96. The van der Waals surface area contributed by atoms with Crippen LogP contribution in [0.15, 0.2) is 24.4 Å². The maximum absolute atomic E-state index is 11.8. The monoisotopic (exact) mass is 353 g/mol. The normalized spacial score (nSPS) is 10.9. The molecule has 0 aliphatic carbocycles. The predicted octanol–water partition coefficient (Wildman–Crippen LogP) is 3.27. The van der Waals surface area contributed by atoms with Gasteiger partial charge in [-0.2, -0.15) is 5.10 Å². The van der Waals surface area contributed by atoms with Gasteiger partial charge in [0.2, 0.25) is 5.91 Å². The van der Waals surface area contributed by atoms with Gasteiger partial charge >= 0.3 is 0 Å². The Bertz CT molecular complexity index is 948. The quantitative estimate of drug-likeness (QED) is 0.735. The zero-order chi connectivity index (χ0) is 18.7. The van der Waals surface area contributed by atoms with Crippen molar-refractivity contribution in [3.63, 3.8) is 0 Å². The van der Waals surface area contributed by atoms with E-state index in [1.54, 1.807) is 7.11 Å². The summed E-state index contributed by atoms with van der Waals surface area (Å²) in [6, 6.07) is 5.62. The highest BCUT2D eigenvalue weighted by molar-refractivity contribution is 5.93. The van der Waals surface area contributed by atoms with Gasteiger partial charge < -0.3 is 10.1 Å². The van der Waals surface area contributed by atoms with Gasteiger partial charge in [-0.25, -0.2) is 4.98 Å². The van der Waals surface area contributed by atoms with Gasteiger partial charge in [-0.05, 0) is 31.0 Å². The molecule has 0 radical (unpaired) electrons. The maximum Gasteiger partial charge on any atom is 0.254 e. The van der Waals surface area contributed by atoms with E-state index in [9.17, 15) is 4.79 Å². The van der Waals surface area contributed by atoms with E-state index < -0.39 is 0 Å². The molecule has 0 saturated carbocycles. The summed E-state index contributed by atoms with van der Waals surface area (Å²) in [5, 5.41) is 11.4. The number of fused-ring (bicyclic) bond motifs is 1. The number of carbonyl (C=O) groups is 1. The largest absolute Gasteiger partial charge is 0.495 e. The molecule has 1 amide bonds. The summed E-state index contributed by atoms with van der Waals surface area (Å²) in [6.07, 6.45) is 4.05. The van der Waals surface area contributed by atoms with E-state index in [4.69, 9.17) is 4.74 Å². The topological polar surface area (TPSA) is 81.4 Å². The van der Waals surface area contributed by atoms with Gasteiger partial charge in [-0.1, -0.05) is 20.8 Å². The molecule has 0 aliphatic heterocycles. The first-order valence-corrected chi connectivity index (χ1v) is 8.83. The van der Waals surface area contributed by atoms with Crippen molar-refractivity contribution in [1.82, 2.24) is 19.6 Å². The van der Waals surface area contributed by atoms with Crippen LogP contribution in [0.2, 0.25) is 0 Å². The van der Waals surface area contributed by atoms with Gasteiger partial charge in [0.1, 0.15) is 5.75 Å². The lowest BCUT2D eigenvalue weighted by molar-refractivity contribution is -0.115. The zero-order valence-corrected chi connectivity index (χ0v) is 15.5. The highest BCUT2D eigenvalue weighted by Crippen LogP contribution is 2.30. The molecule has 2 aromatic heterocycles. The first-order valence-electron chi connectivity index (χ1n) is 8.83. The summed E-state index contributed by atoms with van der Waals surface area (Å²) in [5.74, 6) is 1.12. The molecule has 0 unspecified atom stereocenters. The maximum atomic E-state index is 11.8. The third-order valence-electron chi connectivity index (χ3n) is 4.33. The number of hydrogen-bond donors (Lipinski definition) is 1. The molecular weight excluding hydrogens is 330 g/mol. The number of imidazole rings is 1. The Morgan fingerprint density at radius 1 is 1.19 bits per heavy atom. The first-order chi connectivity index (χ1) is 12.6. The van der Waals surface area contributed by atoms with Crippen LogP contribution in [-0.2, 0) is 17.6 Å². The molecule has 3 aromatic rings. The first kappa shape index (κ1) is 17.8.